The summed E-state index contributed by atoms with van der Waals surface area (Å²) in [5.41, 5.74) is 3.74. The number of alkyl halides is 8. The van der Waals surface area contributed by atoms with Crippen molar-refractivity contribution in [1.82, 2.24) is 0 Å². The monoisotopic (exact) mass is 303 g/mol. The first-order valence-electron chi connectivity index (χ1n) is 4.07. The molecule has 0 aliphatic heterocycles. The van der Waals surface area contributed by atoms with E-state index in [1.54, 1.807) is 0 Å². The minimum Gasteiger partial charge on any atom is -0.464 e. The van der Waals surface area contributed by atoms with Gasteiger partial charge in [-0.15, -0.1) is 0 Å². The lowest BCUT2D eigenvalue weighted by Crippen LogP contribution is -2.67. The zero-order valence-corrected chi connectivity index (χ0v) is 8.83. The SMILES string of the molecule is COC(=O)C(F)(F)C(F)(F)C(F)(F)C(F)(F)C(N)=O. The zero-order chi connectivity index (χ0) is 15.9. The molecule has 0 heterocycles. The van der Waals surface area contributed by atoms with Crippen LogP contribution in [0.4, 0.5) is 35.1 Å². The Morgan fingerprint density at radius 2 is 1.16 bits per heavy atom. The van der Waals surface area contributed by atoms with Gasteiger partial charge in [0.2, 0.25) is 0 Å². The van der Waals surface area contributed by atoms with Crippen molar-refractivity contribution in [3.05, 3.63) is 0 Å². The highest BCUT2D eigenvalue weighted by atomic mass is 19.4. The number of esters is 1. The van der Waals surface area contributed by atoms with Crippen LogP contribution in [0.25, 0.3) is 0 Å². The predicted octanol–water partition coefficient (Wildman–Crippen LogP) is 1.19. The second kappa shape index (κ2) is 4.49. The summed E-state index contributed by atoms with van der Waals surface area (Å²) in [5.74, 6) is -32.9. The molecule has 0 saturated heterocycles. The number of amides is 1. The minimum absolute atomic E-state index is 0.136. The van der Waals surface area contributed by atoms with Gasteiger partial charge in [-0.2, -0.15) is 35.1 Å². The maximum Gasteiger partial charge on any atom is 0.410 e. The highest BCUT2D eigenvalue weighted by Gasteiger charge is 2.84. The smallest absolute Gasteiger partial charge is 0.410 e. The molecule has 0 aromatic carbocycles. The van der Waals surface area contributed by atoms with Crippen LogP contribution in [-0.4, -0.2) is 42.7 Å². The van der Waals surface area contributed by atoms with Crippen molar-refractivity contribution in [1.29, 1.82) is 0 Å². The van der Waals surface area contributed by atoms with Crippen LogP contribution in [0.1, 0.15) is 0 Å². The number of methoxy groups -OCH3 is 1. The summed E-state index contributed by atoms with van der Waals surface area (Å²) in [6.07, 6.45) is 0. The highest BCUT2D eigenvalue weighted by Crippen LogP contribution is 2.52. The maximum absolute atomic E-state index is 12.8. The number of nitrogens with two attached hydrogens (primary N) is 1. The molecule has 19 heavy (non-hydrogen) atoms. The van der Waals surface area contributed by atoms with Gasteiger partial charge in [0.15, 0.2) is 0 Å². The van der Waals surface area contributed by atoms with E-state index in [0.717, 1.165) is 0 Å². The standard InChI is InChI=1S/C7H5F8NO3/c1-19-3(18)5(10,11)7(14,15)6(12,13)4(8,9)2(16)17/h1H3,(H2,16,17). The molecule has 0 spiro atoms. The normalized spacial score (nSPS) is 14.2. The third-order valence-corrected chi connectivity index (χ3v) is 1.93. The Morgan fingerprint density at radius 1 is 0.842 bits per heavy atom. The van der Waals surface area contributed by atoms with Gasteiger partial charge in [0.25, 0.3) is 5.91 Å². The molecule has 1 amide bonds. The van der Waals surface area contributed by atoms with E-state index < -0.39 is 35.6 Å². The van der Waals surface area contributed by atoms with Crippen molar-refractivity contribution < 1.29 is 49.4 Å². The third-order valence-electron chi connectivity index (χ3n) is 1.93. The number of hydrogen-bond acceptors (Lipinski definition) is 3. The lowest BCUT2D eigenvalue weighted by atomic mass is 9.98. The van der Waals surface area contributed by atoms with Crippen molar-refractivity contribution >= 4 is 11.9 Å². The Kier molecular flexibility index (Phi) is 4.11. The first-order chi connectivity index (χ1) is 8.17. The molecule has 0 radical (unpaired) electrons. The van der Waals surface area contributed by atoms with Crippen LogP contribution in [0.2, 0.25) is 0 Å². The predicted molar refractivity (Wildman–Crippen MR) is 41.0 cm³/mol. The molecular formula is C7H5F8NO3. The Morgan fingerprint density at radius 3 is 1.42 bits per heavy atom. The van der Waals surface area contributed by atoms with E-state index in [9.17, 15) is 44.7 Å². The summed E-state index contributed by atoms with van der Waals surface area (Å²) in [7, 11) is 0.136. The third kappa shape index (κ3) is 2.18. The quantitative estimate of drug-likeness (QED) is 0.612. The van der Waals surface area contributed by atoms with Gasteiger partial charge >= 0.3 is 29.7 Å². The number of rotatable bonds is 5. The van der Waals surface area contributed by atoms with E-state index >= 15 is 0 Å². The van der Waals surface area contributed by atoms with Crippen LogP contribution >= 0.6 is 0 Å². The number of primary amides is 1. The number of ether oxygens (including phenoxy) is 1. The van der Waals surface area contributed by atoms with Gasteiger partial charge in [-0.25, -0.2) is 4.79 Å². The molecule has 0 bridgehead atoms. The second-order valence-corrected chi connectivity index (χ2v) is 3.15. The average molecular weight is 303 g/mol. The van der Waals surface area contributed by atoms with Crippen LogP contribution in [0.15, 0.2) is 0 Å². The molecule has 0 aliphatic carbocycles. The summed E-state index contributed by atoms with van der Waals surface area (Å²) >= 11 is 0. The first kappa shape index (κ1) is 17.4. The Bertz CT molecular complexity index is 394. The van der Waals surface area contributed by atoms with Crippen LogP contribution in [0.3, 0.4) is 0 Å². The molecule has 0 aliphatic rings. The maximum atomic E-state index is 12.8. The van der Waals surface area contributed by atoms with E-state index in [4.69, 9.17) is 0 Å². The first-order valence-corrected chi connectivity index (χ1v) is 4.07. The summed E-state index contributed by atoms with van der Waals surface area (Å²) in [6.45, 7) is 0. The van der Waals surface area contributed by atoms with E-state index in [1.165, 1.54) is 0 Å². The van der Waals surface area contributed by atoms with E-state index in [1.807, 2.05) is 0 Å². The lowest BCUT2D eigenvalue weighted by molar-refractivity contribution is -0.350. The van der Waals surface area contributed by atoms with Crippen molar-refractivity contribution in [3.63, 3.8) is 0 Å². The van der Waals surface area contributed by atoms with Crippen molar-refractivity contribution in [3.8, 4) is 0 Å². The van der Waals surface area contributed by atoms with Crippen LogP contribution in [0, 0.1) is 0 Å². The van der Waals surface area contributed by atoms with Gasteiger partial charge in [0, 0.05) is 0 Å². The number of hydrogen-bond donors (Lipinski definition) is 1. The fraction of sp³-hybridized carbons (Fsp3) is 0.714. The van der Waals surface area contributed by atoms with E-state index in [0.29, 0.717) is 0 Å². The molecule has 2 N–H and O–H groups in total. The van der Waals surface area contributed by atoms with Gasteiger partial charge in [-0.3, -0.25) is 4.79 Å². The highest BCUT2D eigenvalue weighted by molar-refractivity contribution is 5.84. The van der Waals surface area contributed by atoms with Crippen molar-refractivity contribution in [2.45, 2.75) is 23.7 Å². The Labute approximate surface area is 99.0 Å². The molecule has 0 saturated carbocycles. The van der Waals surface area contributed by atoms with Gasteiger partial charge < -0.3 is 10.5 Å². The fourth-order valence-electron chi connectivity index (χ4n) is 0.805. The number of carbonyl (C=O) groups is 2. The van der Waals surface area contributed by atoms with Crippen LogP contribution in [-0.2, 0) is 14.3 Å². The van der Waals surface area contributed by atoms with Crippen molar-refractivity contribution in [2.24, 2.45) is 5.73 Å². The summed E-state index contributed by atoms with van der Waals surface area (Å²) in [6, 6.07) is 0. The number of halogens is 8. The van der Waals surface area contributed by atoms with E-state index in [2.05, 4.69) is 10.5 Å². The van der Waals surface area contributed by atoms with Gasteiger partial charge in [-0.05, 0) is 0 Å². The zero-order valence-electron chi connectivity index (χ0n) is 8.83. The molecule has 112 valence electrons. The van der Waals surface area contributed by atoms with Gasteiger partial charge in [0.1, 0.15) is 0 Å². The van der Waals surface area contributed by atoms with Crippen LogP contribution in [0.5, 0.6) is 0 Å². The summed E-state index contributed by atoms with van der Waals surface area (Å²) in [4.78, 5) is 20.3. The summed E-state index contributed by atoms with van der Waals surface area (Å²) in [5, 5.41) is 0. The minimum atomic E-state index is -6.91. The molecule has 0 fully saturated rings. The molecule has 0 rings (SSSR count). The fourth-order valence-corrected chi connectivity index (χ4v) is 0.805. The summed E-state index contributed by atoms with van der Waals surface area (Å²) < 4.78 is 105. The molecule has 0 aromatic rings. The second-order valence-electron chi connectivity index (χ2n) is 3.15. The largest absolute Gasteiger partial charge is 0.464 e. The molecule has 0 unspecified atom stereocenters. The number of carbonyl (C=O) groups excluding carboxylic acids is 2. The molecule has 4 nitrogen and oxygen atoms in total. The molecule has 0 aromatic heterocycles. The van der Waals surface area contributed by atoms with Gasteiger partial charge in [0.05, 0.1) is 7.11 Å². The average Bonchev–Trinajstić information content (AvgIpc) is 2.26. The lowest BCUT2D eigenvalue weighted by Gasteiger charge is -2.33. The van der Waals surface area contributed by atoms with Crippen LogP contribution < -0.4 is 5.73 Å². The van der Waals surface area contributed by atoms with Crippen molar-refractivity contribution in [2.75, 3.05) is 7.11 Å². The Hall–Kier alpha value is -1.62. The topological polar surface area (TPSA) is 69.4 Å². The van der Waals surface area contributed by atoms with E-state index in [-0.39, 0.29) is 7.11 Å². The molecule has 0 atom stereocenters. The Balaban J connectivity index is 5.90. The van der Waals surface area contributed by atoms with Gasteiger partial charge in [-0.1, -0.05) is 0 Å². The molecular weight excluding hydrogens is 298 g/mol. The molecule has 12 heteroatoms.